The lowest BCUT2D eigenvalue weighted by Gasteiger charge is -2.01. The van der Waals surface area contributed by atoms with E-state index in [0.717, 1.165) is 0 Å². The van der Waals surface area contributed by atoms with Crippen molar-refractivity contribution in [2.45, 2.75) is 6.54 Å². The third kappa shape index (κ3) is 2.14. The van der Waals surface area contributed by atoms with E-state index < -0.39 is 5.97 Å². The van der Waals surface area contributed by atoms with Crippen molar-refractivity contribution in [3.05, 3.63) is 52.2 Å². The minimum atomic E-state index is -1.17. The number of hydrogen-bond donors (Lipinski definition) is 2. The average molecular weight is 271 g/mol. The van der Waals surface area contributed by atoms with Crippen molar-refractivity contribution in [3.8, 4) is 0 Å². The fourth-order valence-electron chi connectivity index (χ4n) is 1.80. The molecule has 0 fully saturated rings. The molecule has 0 radical (unpaired) electrons. The Balaban J connectivity index is 1.99. The van der Waals surface area contributed by atoms with Gasteiger partial charge in [-0.1, -0.05) is 17.3 Å². The van der Waals surface area contributed by atoms with Crippen molar-refractivity contribution >= 4 is 17.0 Å². The van der Waals surface area contributed by atoms with Gasteiger partial charge in [-0.15, -0.1) is 5.10 Å². The van der Waals surface area contributed by atoms with Crippen molar-refractivity contribution in [2.24, 2.45) is 0 Å². The van der Waals surface area contributed by atoms with Crippen molar-refractivity contribution in [3.63, 3.8) is 0 Å². The number of aromatic carboxylic acids is 1. The van der Waals surface area contributed by atoms with Gasteiger partial charge in [0.05, 0.1) is 23.8 Å². The monoisotopic (exact) mass is 271 g/mol. The third-order valence-electron chi connectivity index (χ3n) is 2.74. The van der Waals surface area contributed by atoms with Crippen LogP contribution in [0.4, 0.5) is 0 Å². The molecule has 8 nitrogen and oxygen atoms in total. The molecule has 2 heterocycles. The smallest absolute Gasteiger partial charge is 0.358 e. The second-order valence-electron chi connectivity index (χ2n) is 4.14. The number of carboxylic acids is 1. The molecule has 8 heteroatoms. The Hall–Kier alpha value is -3.03. The van der Waals surface area contributed by atoms with Gasteiger partial charge in [0.1, 0.15) is 5.69 Å². The van der Waals surface area contributed by atoms with Gasteiger partial charge in [-0.05, 0) is 12.1 Å². The van der Waals surface area contributed by atoms with Gasteiger partial charge in [-0.2, -0.15) is 0 Å². The molecule has 2 aromatic heterocycles. The van der Waals surface area contributed by atoms with Gasteiger partial charge < -0.3 is 10.1 Å². The molecule has 0 bridgehead atoms. The molecule has 20 heavy (non-hydrogen) atoms. The lowest BCUT2D eigenvalue weighted by atomic mass is 10.3. The molecule has 100 valence electrons. The molecule has 1 aromatic carbocycles. The summed E-state index contributed by atoms with van der Waals surface area (Å²) in [6.45, 7) is 0.0560. The average Bonchev–Trinajstić information content (AvgIpc) is 2.88. The van der Waals surface area contributed by atoms with E-state index in [1.54, 1.807) is 18.2 Å². The first-order chi connectivity index (χ1) is 9.63. The zero-order valence-electron chi connectivity index (χ0n) is 10.1. The molecule has 0 aliphatic carbocycles. The summed E-state index contributed by atoms with van der Waals surface area (Å²) >= 11 is 0. The third-order valence-corrected chi connectivity index (χ3v) is 2.74. The summed E-state index contributed by atoms with van der Waals surface area (Å²) < 4.78 is 1.26. The Bertz CT molecular complexity index is 851. The van der Waals surface area contributed by atoms with Crippen molar-refractivity contribution in [1.29, 1.82) is 0 Å². The van der Waals surface area contributed by atoms with Crippen LogP contribution in [0.15, 0.2) is 35.3 Å². The molecule has 0 saturated heterocycles. The van der Waals surface area contributed by atoms with E-state index in [4.69, 9.17) is 5.11 Å². The van der Waals surface area contributed by atoms with Gasteiger partial charge in [0, 0.05) is 0 Å². The number of aromatic amines is 1. The van der Waals surface area contributed by atoms with Crippen LogP contribution in [0.5, 0.6) is 0 Å². The SMILES string of the molecule is O=C(O)c1cn(Cc2nc3ccccc3[nH]c2=O)nn1. The van der Waals surface area contributed by atoms with E-state index in [1.807, 2.05) is 6.07 Å². The highest BCUT2D eigenvalue weighted by Gasteiger charge is 2.11. The molecule has 0 aliphatic rings. The maximum atomic E-state index is 11.9. The number of carbonyl (C=O) groups is 1. The summed E-state index contributed by atoms with van der Waals surface area (Å²) in [6, 6.07) is 7.15. The second-order valence-corrected chi connectivity index (χ2v) is 4.14. The second kappa shape index (κ2) is 4.57. The van der Waals surface area contributed by atoms with Crippen LogP contribution >= 0.6 is 0 Å². The molecule has 0 aliphatic heterocycles. The van der Waals surface area contributed by atoms with E-state index in [9.17, 15) is 9.59 Å². The largest absolute Gasteiger partial charge is 0.476 e. The van der Waals surface area contributed by atoms with Crippen molar-refractivity contribution < 1.29 is 9.90 Å². The zero-order valence-corrected chi connectivity index (χ0v) is 10.1. The fraction of sp³-hybridized carbons (Fsp3) is 0.0833. The Kier molecular flexibility index (Phi) is 2.75. The number of hydrogen-bond acceptors (Lipinski definition) is 5. The van der Waals surface area contributed by atoms with E-state index >= 15 is 0 Å². The maximum Gasteiger partial charge on any atom is 0.358 e. The van der Waals surface area contributed by atoms with Gasteiger partial charge in [-0.25, -0.2) is 14.5 Å². The summed E-state index contributed by atoms with van der Waals surface area (Å²) in [5.41, 5.74) is 1.02. The molecular formula is C12H9N5O3. The Morgan fingerprint density at radius 3 is 2.90 bits per heavy atom. The van der Waals surface area contributed by atoms with Crippen LogP contribution in [0.2, 0.25) is 0 Å². The van der Waals surface area contributed by atoms with Gasteiger partial charge in [0.15, 0.2) is 5.69 Å². The predicted octanol–water partition coefficient (Wildman–Crippen LogP) is 0.261. The molecule has 3 aromatic rings. The van der Waals surface area contributed by atoms with Crippen LogP contribution in [0.1, 0.15) is 16.2 Å². The number of fused-ring (bicyclic) bond motifs is 1. The quantitative estimate of drug-likeness (QED) is 0.706. The molecule has 0 spiro atoms. The highest BCUT2D eigenvalue weighted by molar-refractivity contribution is 5.84. The Morgan fingerprint density at radius 1 is 1.35 bits per heavy atom. The van der Waals surface area contributed by atoms with Crippen LogP contribution in [0.3, 0.4) is 0 Å². The normalized spacial score (nSPS) is 10.8. The molecule has 0 unspecified atom stereocenters. The number of nitrogens with one attached hydrogen (secondary N) is 1. The molecule has 0 atom stereocenters. The zero-order chi connectivity index (χ0) is 14.1. The number of benzene rings is 1. The highest BCUT2D eigenvalue weighted by atomic mass is 16.4. The lowest BCUT2D eigenvalue weighted by Crippen LogP contribution is -2.18. The molecule has 2 N–H and O–H groups in total. The van der Waals surface area contributed by atoms with E-state index in [0.29, 0.717) is 11.0 Å². The van der Waals surface area contributed by atoms with Crippen LogP contribution in [0, 0.1) is 0 Å². The first-order valence-corrected chi connectivity index (χ1v) is 5.75. The maximum absolute atomic E-state index is 11.9. The van der Waals surface area contributed by atoms with Gasteiger partial charge in [0.25, 0.3) is 5.56 Å². The number of aromatic nitrogens is 5. The first-order valence-electron chi connectivity index (χ1n) is 5.75. The standard InChI is InChI=1S/C12H9N5O3/c18-11-9(5-17-6-10(12(19)20)15-16-17)13-7-3-1-2-4-8(7)14-11/h1-4,6H,5H2,(H,14,18)(H,19,20). The highest BCUT2D eigenvalue weighted by Crippen LogP contribution is 2.06. The fourth-order valence-corrected chi connectivity index (χ4v) is 1.80. The Labute approximate surface area is 111 Å². The van der Waals surface area contributed by atoms with Crippen LogP contribution in [-0.2, 0) is 6.54 Å². The topological polar surface area (TPSA) is 114 Å². The number of rotatable bonds is 3. The molecule has 3 rings (SSSR count). The summed E-state index contributed by atoms with van der Waals surface area (Å²) in [6.07, 6.45) is 1.25. The lowest BCUT2D eigenvalue weighted by molar-refractivity contribution is 0.0690. The van der Waals surface area contributed by atoms with Gasteiger partial charge in [0.2, 0.25) is 0 Å². The van der Waals surface area contributed by atoms with E-state index in [1.165, 1.54) is 10.9 Å². The molecular weight excluding hydrogens is 262 g/mol. The Morgan fingerprint density at radius 2 is 2.15 bits per heavy atom. The summed E-state index contributed by atoms with van der Waals surface area (Å²) in [7, 11) is 0. The summed E-state index contributed by atoms with van der Waals surface area (Å²) in [4.78, 5) is 29.5. The summed E-state index contributed by atoms with van der Waals surface area (Å²) in [5, 5.41) is 15.9. The van der Waals surface area contributed by atoms with Crippen molar-refractivity contribution in [1.82, 2.24) is 25.0 Å². The van der Waals surface area contributed by atoms with Crippen LogP contribution in [-0.4, -0.2) is 36.0 Å². The molecule has 0 amide bonds. The minimum absolute atomic E-state index is 0.0560. The predicted molar refractivity (Wildman–Crippen MR) is 68.4 cm³/mol. The first kappa shape index (κ1) is 12.0. The van der Waals surface area contributed by atoms with Crippen molar-refractivity contribution in [2.75, 3.05) is 0 Å². The number of carboxylic acid groups (broad SMARTS) is 1. The molecule has 0 saturated carbocycles. The van der Waals surface area contributed by atoms with Gasteiger partial charge >= 0.3 is 5.97 Å². The van der Waals surface area contributed by atoms with Crippen LogP contribution < -0.4 is 5.56 Å². The van der Waals surface area contributed by atoms with E-state index in [2.05, 4.69) is 20.3 Å². The number of nitrogens with zero attached hydrogens (tertiary/aromatic N) is 4. The minimum Gasteiger partial charge on any atom is -0.476 e. The van der Waals surface area contributed by atoms with E-state index in [-0.39, 0.29) is 23.5 Å². The number of H-pyrrole nitrogens is 1. The van der Waals surface area contributed by atoms with Crippen LogP contribution in [0.25, 0.3) is 11.0 Å². The van der Waals surface area contributed by atoms with Gasteiger partial charge in [-0.3, -0.25) is 4.79 Å². The number of para-hydroxylation sites is 2. The summed E-state index contributed by atoms with van der Waals surface area (Å²) in [5.74, 6) is -1.17.